The Morgan fingerprint density at radius 2 is 2.12 bits per heavy atom. The molecule has 0 saturated carbocycles. The van der Waals surface area contributed by atoms with Gasteiger partial charge in [0, 0.05) is 42.7 Å². The summed E-state index contributed by atoms with van der Waals surface area (Å²) in [5.74, 6) is -1.02. The molecule has 24 heavy (non-hydrogen) atoms. The lowest BCUT2D eigenvalue weighted by atomic mass is 10.1. The number of amides is 1. The number of para-hydroxylation sites is 1. The molecule has 1 aromatic heterocycles. The smallest absolute Gasteiger partial charge is 0.303 e. The van der Waals surface area contributed by atoms with Crippen molar-refractivity contribution < 1.29 is 14.7 Å². The summed E-state index contributed by atoms with van der Waals surface area (Å²) in [6, 6.07) is 8.00. The Morgan fingerprint density at radius 3 is 2.88 bits per heavy atom. The average Bonchev–Trinajstić information content (AvgIpc) is 2.99. The molecule has 0 spiro atoms. The monoisotopic (exact) mass is 360 g/mol. The first kappa shape index (κ1) is 16.7. The summed E-state index contributed by atoms with van der Waals surface area (Å²) < 4.78 is 2.51. The fourth-order valence-corrected chi connectivity index (χ4v) is 4.01. The number of fused-ring (bicyclic) bond motifs is 1. The van der Waals surface area contributed by atoms with Gasteiger partial charge in [-0.2, -0.15) is 0 Å². The number of thiocarbonyl (C=S) groups is 1. The van der Waals surface area contributed by atoms with Gasteiger partial charge in [0.25, 0.3) is 5.91 Å². The van der Waals surface area contributed by atoms with Crippen molar-refractivity contribution in [2.24, 2.45) is 7.05 Å². The Hall–Kier alpha value is -2.12. The van der Waals surface area contributed by atoms with Gasteiger partial charge >= 0.3 is 5.97 Å². The van der Waals surface area contributed by atoms with Gasteiger partial charge in [-0.3, -0.25) is 14.5 Å². The summed E-state index contributed by atoms with van der Waals surface area (Å²) in [5.41, 5.74) is 2.07. The molecule has 1 aliphatic rings. The molecular weight excluding hydrogens is 344 g/mol. The van der Waals surface area contributed by atoms with Crippen molar-refractivity contribution in [3.8, 4) is 0 Å². The Balaban J connectivity index is 1.84. The van der Waals surface area contributed by atoms with Gasteiger partial charge < -0.3 is 9.67 Å². The second-order valence-electron chi connectivity index (χ2n) is 5.54. The number of carboxylic acid groups (broad SMARTS) is 1. The zero-order valence-electron chi connectivity index (χ0n) is 13.1. The highest BCUT2D eigenvalue weighted by Gasteiger charge is 2.31. The molecule has 1 aromatic carbocycles. The van der Waals surface area contributed by atoms with Crippen molar-refractivity contribution in [3.63, 3.8) is 0 Å². The van der Waals surface area contributed by atoms with Crippen molar-refractivity contribution in [1.82, 2.24) is 9.47 Å². The molecule has 1 amide bonds. The number of hydrogen-bond acceptors (Lipinski definition) is 4. The molecule has 2 aromatic rings. The number of benzene rings is 1. The number of rotatable bonds is 5. The lowest BCUT2D eigenvalue weighted by molar-refractivity contribution is -0.137. The molecule has 0 atom stereocenters. The van der Waals surface area contributed by atoms with E-state index in [1.165, 1.54) is 16.7 Å². The van der Waals surface area contributed by atoms with Crippen LogP contribution in [0.3, 0.4) is 0 Å². The molecule has 1 fully saturated rings. The van der Waals surface area contributed by atoms with Crippen LogP contribution in [0.25, 0.3) is 17.0 Å². The van der Waals surface area contributed by atoms with Crippen LogP contribution in [0, 0.1) is 0 Å². The Bertz CT molecular complexity index is 870. The zero-order valence-corrected chi connectivity index (χ0v) is 14.7. The van der Waals surface area contributed by atoms with E-state index in [1.807, 2.05) is 48.2 Å². The van der Waals surface area contributed by atoms with Crippen molar-refractivity contribution in [2.75, 3.05) is 6.54 Å². The van der Waals surface area contributed by atoms with Gasteiger partial charge in [0.1, 0.15) is 4.32 Å². The van der Waals surface area contributed by atoms with E-state index in [4.69, 9.17) is 17.3 Å². The number of carbonyl (C=O) groups is 2. The normalized spacial score (nSPS) is 16.5. The van der Waals surface area contributed by atoms with Crippen molar-refractivity contribution >= 4 is 57.2 Å². The summed E-state index contributed by atoms with van der Waals surface area (Å²) in [4.78, 5) is 25.2. The van der Waals surface area contributed by atoms with E-state index in [0.29, 0.717) is 22.2 Å². The molecule has 0 radical (unpaired) electrons. The summed E-state index contributed by atoms with van der Waals surface area (Å²) in [6.45, 7) is 0.337. The van der Waals surface area contributed by atoms with E-state index in [0.717, 1.165) is 16.5 Å². The molecule has 7 heteroatoms. The van der Waals surface area contributed by atoms with Gasteiger partial charge in [-0.05, 0) is 18.6 Å². The van der Waals surface area contributed by atoms with Crippen LogP contribution in [0.5, 0.6) is 0 Å². The minimum absolute atomic E-state index is 0.0272. The molecule has 3 rings (SSSR count). The maximum absolute atomic E-state index is 12.5. The van der Waals surface area contributed by atoms with Gasteiger partial charge in [-0.15, -0.1) is 0 Å². The van der Waals surface area contributed by atoms with E-state index in [9.17, 15) is 9.59 Å². The van der Waals surface area contributed by atoms with Crippen LogP contribution in [0.4, 0.5) is 0 Å². The Morgan fingerprint density at radius 1 is 1.38 bits per heavy atom. The molecule has 5 nitrogen and oxygen atoms in total. The van der Waals surface area contributed by atoms with Crippen LogP contribution in [0.2, 0.25) is 0 Å². The van der Waals surface area contributed by atoms with Crippen molar-refractivity contribution in [1.29, 1.82) is 0 Å². The van der Waals surface area contributed by atoms with Crippen molar-refractivity contribution in [2.45, 2.75) is 12.8 Å². The minimum Gasteiger partial charge on any atom is -0.481 e. The van der Waals surface area contributed by atoms with Crippen LogP contribution in [-0.4, -0.2) is 37.3 Å². The van der Waals surface area contributed by atoms with Crippen LogP contribution >= 0.6 is 24.0 Å². The van der Waals surface area contributed by atoms with Crippen LogP contribution in [0.15, 0.2) is 35.4 Å². The van der Waals surface area contributed by atoms with Crippen LogP contribution < -0.4 is 0 Å². The van der Waals surface area contributed by atoms with Gasteiger partial charge in [0.15, 0.2) is 0 Å². The summed E-state index contributed by atoms with van der Waals surface area (Å²) >= 11 is 6.53. The minimum atomic E-state index is -0.869. The van der Waals surface area contributed by atoms with E-state index in [-0.39, 0.29) is 12.3 Å². The summed E-state index contributed by atoms with van der Waals surface area (Å²) in [7, 11) is 1.97. The number of aromatic nitrogens is 1. The highest BCUT2D eigenvalue weighted by molar-refractivity contribution is 8.26. The van der Waals surface area contributed by atoms with Crippen LogP contribution in [0.1, 0.15) is 18.4 Å². The molecular formula is C17H16N2O3S2. The lowest BCUT2D eigenvalue weighted by Crippen LogP contribution is -2.29. The number of carboxylic acids is 1. The number of thioether (sulfide) groups is 1. The third kappa shape index (κ3) is 3.22. The summed E-state index contributed by atoms with van der Waals surface area (Å²) in [5, 5.41) is 9.79. The zero-order chi connectivity index (χ0) is 17.3. The molecule has 124 valence electrons. The maximum atomic E-state index is 12.5. The molecule has 1 aliphatic heterocycles. The number of hydrogen-bond donors (Lipinski definition) is 1. The first-order valence-electron chi connectivity index (χ1n) is 7.48. The molecule has 0 bridgehead atoms. The predicted octanol–water partition coefficient (Wildman–Crippen LogP) is 3.24. The SMILES string of the molecule is Cn1cc(C=C2SC(=S)N(CCCC(=O)O)C2=O)c2ccccc21. The van der Waals surface area contributed by atoms with Gasteiger partial charge in [0.2, 0.25) is 0 Å². The first-order valence-corrected chi connectivity index (χ1v) is 8.71. The highest BCUT2D eigenvalue weighted by Crippen LogP contribution is 2.34. The molecule has 1 N–H and O–H groups in total. The van der Waals surface area contributed by atoms with Crippen LogP contribution in [-0.2, 0) is 16.6 Å². The first-order chi connectivity index (χ1) is 11.5. The predicted molar refractivity (Wildman–Crippen MR) is 99.7 cm³/mol. The van der Waals surface area contributed by atoms with E-state index in [2.05, 4.69) is 0 Å². The molecule has 1 saturated heterocycles. The second-order valence-corrected chi connectivity index (χ2v) is 7.22. The Kier molecular flexibility index (Phi) is 4.73. The Labute approximate surface area is 148 Å². The van der Waals surface area contributed by atoms with Gasteiger partial charge in [0.05, 0.1) is 4.91 Å². The fourth-order valence-electron chi connectivity index (χ4n) is 2.71. The van der Waals surface area contributed by atoms with E-state index < -0.39 is 5.97 Å². The standard InChI is InChI=1S/C17H16N2O3S2/c1-18-10-11(12-5-2-3-6-13(12)18)9-14-16(22)19(17(23)24-14)8-4-7-15(20)21/h2-3,5-6,9-10H,4,7-8H2,1H3,(H,20,21). The third-order valence-electron chi connectivity index (χ3n) is 3.86. The maximum Gasteiger partial charge on any atom is 0.303 e. The molecule has 2 heterocycles. The highest BCUT2D eigenvalue weighted by atomic mass is 32.2. The largest absolute Gasteiger partial charge is 0.481 e. The quantitative estimate of drug-likeness (QED) is 0.655. The second kappa shape index (κ2) is 6.78. The topological polar surface area (TPSA) is 62.5 Å². The number of aliphatic carboxylic acids is 1. The van der Waals surface area contributed by atoms with Crippen molar-refractivity contribution in [3.05, 3.63) is 40.9 Å². The lowest BCUT2D eigenvalue weighted by Gasteiger charge is -2.13. The molecule has 0 aliphatic carbocycles. The fraction of sp³-hybridized carbons (Fsp3) is 0.235. The average molecular weight is 360 g/mol. The number of nitrogens with zero attached hydrogens (tertiary/aromatic N) is 2. The van der Waals surface area contributed by atoms with E-state index >= 15 is 0 Å². The molecule has 0 unspecified atom stereocenters. The van der Waals surface area contributed by atoms with Gasteiger partial charge in [-0.25, -0.2) is 0 Å². The number of carbonyl (C=O) groups excluding carboxylic acids is 1. The summed E-state index contributed by atoms with van der Waals surface area (Å²) in [6.07, 6.45) is 4.27. The number of aryl methyl sites for hydroxylation is 1. The van der Waals surface area contributed by atoms with Gasteiger partial charge in [-0.1, -0.05) is 42.2 Å². The third-order valence-corrected chi connectivity index (χ3v) is 5.24. The van der Waals surface area contributed by atoms with E-state index in [1.54, 1.807) is 0 Å².